The zero-order valence-electron chi connectivity index (χ0n) is 11.0. The molecule has 1 N–H and O–H groups in total. The summed E-state index contributed by atoms with van der Waals surface area (Å²) in [6.45, 7) is 4.59. The molecular formula is C12H16ClF3N4. The number of hydrogen-bond acceptors (Lipinski definition) is 4. The lowest BCUT2D eigenvalue weighted by molar-refractivity contribution is -0.141. The first-order valence-corrected chi connectivity index (χ1v) is 6.87. The van der Waals surface area contributed by atoms with Gasteiger partial charge in [0.2, 0.25) is 5.28 Å². The van der Waals surface area contributed by atoms with Crippen LogP contribution in [0.25, 0.3) is 0 Å². The van der Waals surface area contributed by atoms with Crippen LogP contribution in [-0.2, 0) is 6.18 Å². The predicted octanol–water partition coefficient (Wildman–Crippen LogP) is 3.05. The number of anilines is 1. The number of alkyl halides is 3. The van der Waals surface area contributed by atoms with Gasteiger partial charge in [0, 0.05) is 18.7 Å². The number of nitrogens with one attached hydrogen (secondary N) is 1. The molecule has 0 radical (unpaired) electrons. The van der Waals surface area contributed by atoms with Gasteiger partial charge >= 0.3 is 6.18 Å². The summed E-state index contributed by atoms with van der Waals surface area (Å²) >= 11 is 5.53. The molecule has 1 aromatic rings. The minimum atomic E-state index is -4.52. The summed E-state index contributed by atoms with van der Waals surface area (Å²) in [5.41, 5.74) is -1.03. The van der Waals surface area contributed by atoms with Crippen LogP contribution in [0.15, 0.2) is 6.07 Å². The standard InChI is InChI=1S/C12H16ClF3N4/c1-2-20-5-3-4-8(20)7-17-10-6-9(12(14,15)16)18-11(13)19-10/h6,8H,2-5,7H2,1H3,(H,17,18,19). The van der Waals surface area contributed by atoms with Gasteiger partial charge in [0.15, 0.2) is 5.69 Å². The Bertz CT molecular complexity index is 467. The zero-order chi connectivity index (χ0) is 14.8. The van der Waals surface area contributed by atoms with Crippen molar-refractivity contribution in [3.05, 3.63) is 17.0 Å². The maximum absolute atomic E-state index is 12.6. The highest BCUT2D eigenvalue weighted by molar-refractivity contribution is 6.28. The smallest absolute Gasteiger partial charge is 0.368 e. The Labute approximate surface area is 120 Å². The molecule has 0 bridgehead atoms. The molecule has 112 valence electrons. The van der Waals surface area contributed by atoms with Crippen LogP contribution < -0.4 is 5.32 Å². The van der Waals surface area contributed by atoms with Gasteiger partial charge in [-0.2, -0.15) is 13.2 Å². The van der Waals surface area contributed by atoms with Crippen molar-refractivity contribution in [2.45, 2.75) is 32.0 Å². The third-order valence-corrected chi connectivity index (χ3v) is 3.58. The Hall–Kier alpha value is -1.08. The minimum Gasteiger partial charge on any atom is -0.368 e. The molecule has 0 aromatic carbocycles. The highest BCUT2D eigenvalue weighted by Gasteiger charge is 2.33. The van der Waals surface area contributed by atoms with Crippen LogP contribution in [0.5, 0.6) is 0 Å². The first-order valence-electron chi connectivity index (χ1n) is 6.50. The number of likely N-dealkylation sites (tertiary alicyclic amines) is 1. The first kappa shape index (κ1) is 15.3. The topological polar surface area (TPSA) is 41.0 Å². The highest BCUT2D eigenvalue weighted by atomic mass is 35.5. The monoisotopic (exact) mass is 308 g/mol. The molecule has 2 rings (SSSR count). The third kappa shape index (κ3) is 3.73. The second-order valence-corrected chi connectivity index (χ2v) is 5.05. The molecule has 1 atom stereocenters. The van der Waals surface area contributed by atoms with Crippen molar-refractivity contribution in [2.75, 3.05) is 25.0 Å². The van der Waals surface area contributed by atoms with Gasteiger partial charge in [-0.25, -0.2) is 9.97 Å². The van der Waals surface area contributed by atoms with Gasteiger partial charge in [-0.15, -0.1) is 0 Å². The molecule has 1 saturated heterocycles. The molecule has 1 aromatic heterocycles. The largest absolute Gasteiger partial charge is 0.433 e. The normalized spacial score (nSPS) is 20.4. The average molecular weight is 309 g/mol. The molecule has 1 fully saturated rings. The Balaban J connectivity index is 2.04. The van der Waals surface area contributed by atoms with E-state index in [1.165, 1.54) is 0 Å². The van der Waals surface area contributed by atoms with E-state index in [2.05, 4.69) is 27.1 Å². The van der Waals surface area contributed by atoms with Gasteiger partial charge in [0.05, 0.1) is 0 Å². The van der Waals surface area contributed by atoms with Gasteiger partial charge in [0.25, 0.3) is 0 Å². The van der Waals surface area contributed by atoms with E-state index in [1.807, 2.05) is 0 Å². The average Bonchev–Trinajstić information content (AvgIpc) is 2.82. The molecule has 20 heavy (non-hydrogen) atoms. The molecular weight excluding hydrogens is 293 g/mol. The molecule has 0 amide bonds. The van der Waals surface area contributed by atoms with E-state index >= 15 is 0 Å². The van der Waals surface area contributed by atoms with Crippen molar-refractivity contribution in [3.8, 4) is 0 Å². The summed E-state index contributed by atoms with van der Waals surface area (Å²) in [5, 5.41) is 2.53. The second kappa shape index (κ2) is 6.13. The maximum Gasteiger partial charge on any atom is 0.433 e. The van der Waals surface area contributed by atoms with Gasteiger partial charge in [-0.3, -0.25) is 4.90 Å². The van der Waals surface area contributed by atoms with E-state index in [1.54, 1.807) is 0 Å². The Morgan fingerprint density at radius 1 is 1.45 bits per heavy atom. The van der Waals surface area contributed by atoms with Crippen LogP contribution >= 0.6 is 11.6 Å². The van der Waals surface area contributed by atoms with Crippen LogP contribution in [0.2, 0.25) is 5.28 Å². The van der Waals surface area contributed by atoms with Crippen molar-refractivity contribution in [2.24, 2.45) is 0 Å². The van der Waals surface area contributed by atoms with Crippen molar-refractivity contribution in [1.82, 2.24) is 14.9 Å². The van der Waals surface area contributed by atoms with Gasteiger partial charge in [0.1, 0.15) is 5.82 Å². The molecule has 4 nitrogen and oxygen atoms in total. The van der Waals surface area contributed by atoms with Crippen LogP contribution in [0.3, 0.4) is 0 Å². The van der Waals surface area contributed by atoms with E-state index in [9.17, 15) is 13.2 Å². The summed E-state index contributed by atoms with van der Waals surface area (Å²) in [5.74, 6) is 0.111. The number of nitrogens with zero attached hydrogens (tertiary/aromatic N) is 3. The number of halogens is 4. The molecule has 1 aliphatic rings. The molecule has 1 unspecified atom stereocenters. The fraction of sp³-hybridized carbons (Fsp3) is 0.667. The fourth-order valence-corrected chi connectivity index (χ4v) is 2.60. The Morgan fingerprint density at radius 3 is 2.85 bits per heavy atom. The molecule has 2 heterocycles. The van der Waals surface area contributed by atoms with Crippen LogP contribution in [0, 0.1) is 0 Å². The van der Waals surface area contributed by atoms with Gasteiger partial charge in [-0.05, 0) is 37.5 Å². The zero-order valence-corrected chi connectivity index (χ0v) is 11.8. The van der Waals surface area contributed by atoms with Crippen molar-refractivity contribution in [1.29, 1.82) is 0 Å². The summed E-state index contributed by atoms with van der Waals surface area (Å²) in [6, 6.07) is 1.21. The van der Waals surface area contributed by atoms with E-state index in [0.717, 1.165) is 32.0 Å². The van der Waals surface area contributed by atoms with Crippen molar-refractivity contribution in [3.63, 3.8) is 0 Å². The van der Waals surface area contributed by atoms with E-state index in [4.69, 9.17) is 11.6 Å². The lowest BCUT2D eigenvalue weighted by Gasteiger charge is -2.23. The molecule has 0 aliphatic carbocycles. The number of hydrogen-bond donors (Lipinski definition) is 1. The van der Waals surface area contributed by atoms with Gasteiger partial charge in [-0.1, -0.05) is 6.92 Å². The number of rotatable bonds is 4. The molecule has 0 spiro atoms. The van der Waals surface area contributed by atoms with E-state index in [0.29, 0.717) is 12.6 Å². The van der Waals surface area contributed by atoms with Gasteiger partial charge < -0.3 is 5.32 Å². The number of likely N-dealkylation sites (N-methyl/N-ethyl adjacent to an activating group) is 1. The minimum absolute atomic E-state index is 0.111. The SMILES string of the molecule is CCN1CCCC1CNc1cc(C(F)(F)F)nc(Cl)n1. The van der Waals surface area contributed by atoms with Crippen LogP contribution in [0.1, 0.15) is 25.5 Å². The quantitative estimate of drug-likeness (QED) is 0.868. The Kier molecular flexibility index (Phi) is 4.70. The van der Waals surface area contributed by atoms with Crippen LogP contribution in [-0.4, -0.2) is 40.5 Å². The molecule has 0 saturated carbocycles. The number of aromatic nitrogens is 2. The predicted molar refractivity (Wildman–Crippen MR) is 70.8 cm³/mol. The summed E-state index contributed by atoms with van der Waals surface area (Å²) < 4.78 is 37.9. The lowest BCUT2D eigenvalue weighted by atomic mass is 10.2. The maximum atomic E-state index is 12.6. The summed E-state index contributed by atoms with van der Waals surface area (Å²) in [4.78, 5) is 9.27. The lowest BCUT2D eigenvalue weighted by Crippen LogP contribution is -2.34. The van der Waals surface area contributed by atoms with Crippen molar-refractivity contribution < 1.29 is 13.2 Å². The Morgan fingerprint density at radius 2 is 2.20 bits per heavy atom. The molecule has 8 heteroatoms. The van der Waals surface area contributed by atoms with E-state index < -0.39 is 17.2 Å². The highest BCUT2D eigenvalue weighted by Crippen LogP contribution is 2.29. The van der Waals surface area contributed by atoms with Crippen molar-refractivity contribution >= 4 is 17.4 Å². The first-order chi connectivity index (χ1) is 9.40. The third-order valence-electron chi connectivity index (χ3n) is 3.41. The van der Waals surface area contributed by atoms with E-state index in [-0.39, 0.29) is 5.82 Å². The summed E-state index contributed by atoms with van der Waals surface area (Å²) in [6.07, 6.45) is -2.38. The molecule has 1 aliphatic heterocycles. The second-order valence-electron chi connectivity index (χ2n) is 4.71. The summed E-state index contributed by atoms with van der Waals surface area (Å²) in [7, 11) is 0. The van der Waals surface area contributed by atoms with Crippen LogP contribution in [0.4, 0.5) is 19.0 Å². The fourth-order valence-electron chi connectivity index (χ4n) is 2.42.